The van der Waals surface area contributed by atoms with E-state index in [0.29, 0.717) is 22.6 Å². The van der Waals surface area contributed by atoms with Crippen molar-refractivity contribution in [1.82, 2.24) is 4.98 Å². The molecular weight excluding hydrogens is 352 g/mol. The second-order valence-electron chi connectivity index (χ2n) is 5.32. The minimum absolute atomic E-state index is 0.200. The number of hydrogen-bond donors (Lipinski definition) is 3. The van der Waals surface area contributed by atoms with Crippen LogP contribution in [0.25, 0.3) is 0 Å². The van der Waals surface area contributed by atoms with E-state index in [4.69, 9.17) is 11.6 Å². The highest BCUT2D eigenvalue weighted by Gasteiger charge is 2.08. The molecule has 0 aliphatic heterocycles. The van der Waals surface area contributed by atoms with Crippen LogP contribution in [0.5, 0.6) is 0 Å². The monoisotopic (exact) mass is 366 g/mol. The van der Waals surface area contributed by atoms with Gasteiger partial charge in [0, 0.05) is 23.1 Å². The van der Waals surface area contributed by atoms with E-state index >= 15 is 0 Å². The van der Waals surface area contributed by atoms with Gasteiger partial charge in [-0.3, -0.25) is 4.79 Å². The Kier molecular flexibility index (Phi) is 5.46. The minimum atomic E-state index is -0.466. The van der Waals surface area contributed by atoms with E-state index in [-0.39, 0.29) is 11.1 Å². The lowest BCUT2D eigenvalue weighted by atomic mass is 10.2. The first-order valence-corrected chi connectivity index (χ1v) is 8.14. The van der Waals surface area contributed by atoms with Crippen LogP contribution in [0.15, 0.2) is 72.9 Å². The Morgan fingerprint density at radius 1 is 0.808 bits per heavy atom. The van der Waals surface area contributed by atoms with E-state index in [1.54, 1.807) is 60.7 Å². The fourth-order valence-electron chi connectivity index (χ4n) is 2.23. The van der Waals surface area contributed by atoms with Crippen LogP contribution in [0.4, 0.5) is 21.9 Å². The highest BCUT2D eigenvalue weighted by atomic mass is 35.5. The van der Waals surface area contributed by atoms with Crippen molar-refractivity contribution < 1.29 is 9.59 Å². The lowest BCUT2D eigenvalue weighted by molar-refractivity contribution is 0.102. The van der Waals surface area contributed by atoms with Crippen LogP contribution in [0, 0.1) is 0 Å². The van der Waals surface area contributed by atoms with Crippen molar-refractivity contribution in [2.45, 2.75) is 0 Å². The zero-order valence-corrected chi connectivity index (χ0v) is 14.3. The van der Waals surface area contributed by atoms with Gasteiger partial charge in [0.2, 0.25) is 0 Å². The number of urea groups is 1. The first kappa shape index (κ1) is 17.4. The molecule has 1 heterocycles. The zero-order valence-electron chi connectivity index (χ0n) is 13.6. The molecule has 1 aromatic heterocycles. The average Bonchev–Trinajstić information content (AvgIpc) is 2.64. The van der Waals surface area contributed by atoms with Gasteiger partial charge in [-0.15, -0.1) is 0 Å². The number of halogens is 1. The van der Waals surface area contributed by atoms with Crippen LogP contribution >= 0.6 is 11.6 Å². The largest absolute Gasteiger partial charge is 0.323 e. The maximum absolute atomic E-state index is 12.2. The summed E-state index contributed by atoms with van der Waals surface area (Å²) in [6.07, 6.45) is 1.53. The summed E-state index contributed by atoms with van der Waals surface area (Å²) >= 11 is 5.91. The predicted molar refractivity (Wildman–Crippen MR) is 103 cm³/mol. The zero-order chi connectivity index (χ0) is 18.4. The molecule has 0 fully saturated rings. The molecule has 6 nitrogen and oxygen atoms in total. The number of rotatable bonds is 4. The number of anilines is 3. The summed E-state index contributed by atoms with van der Waals surface area (Å²) in [6.45, 7) is 0. The molecule has 3 N–H and O–H groups in total. The van der Waals surface area contributed by atoms with Crippen LogP contribution < -0.4 is 16.0 Å². The standard InChI is InChI=1S/C19H15ClN4O2/c20-17-16(10-5-11-21-17)24-19(26)23-15-9-4-8-14(12-15)22-18(25)13-6-2-1-3-7-13/h1-12H,(H,22,25)(H2,23,24,26). The van der Waals surface area contributed by atoms with Crippen molar-refractivity contribution in [3.05, 3.63) is 83.6 Å². The van der Waals surface area contributed by atoms with Crippen molar-refractivity contribution in [1.29, 1.82) is 0 Å². The number of carbonyl (C=O) groups excluding carboxylic acids is 2. The van der Waals surface area contributed by atoms with Gasteiger partial charge in [-0.1, -0.05) is 35.9 Å². The van der Waals surface area contributed by atoms with Gasteiger partial charge in [-0.25, -0.2) is 9.78 Å². The number of amides is 3. The summed E-state index contributed by atoms with van der Waals surface area (Å²) < 4.78 is 0. The number of nitrogens with one attached hydrogen (secondary N) is 3. The van der Waals surface area contributed by atoms with Crippen LogP contribution in [-0.2, 0) is 0 Å². The molecule has 0 unspecified atom stereocenters. The number of nitrogens with zero attached hydrogens (tertiary/aromatic N) is 1. The van der Waals surface area contributed by atoms with Crippen LogP contribution in [-0.4, -0.2) is 16.9 Å². The summed E-state index contributed by atoms with van der Waals surface area (Å²) in [6, 6.07) is 18.6. The second-order valence-corrected chi connectivity index (χ2v) is 5.68. The lowest BCUT2D eigenvalue weighted by Crippen LogP contribution is -2.20. The van der Waals surface area contributed by atoms with Gasteiger partial charge < -0.3 is 16.0 Å². The molecule has 0 saturated heterocycles. The van der Waals surface area contributed by atoms with E-state index in [1.807, 2.05) is 6.07 Å². The van der Waals surface area contributed by atoms with E-state index in [1.165, 1.54) is 6.20 Å². The van der Waals surface area contributed by atoms with Crippen LogP contribution in [0.1, 0.15) is 10.4 Å². The molecule has 26 heavy (non-hydrogen) atoms. The Morgan fingerprint density at radius 2 is 1.54 bits per heavy atom. The third-order valence-electron chi connectivity index (χ3n) is 3.42. The van der Waals surface area contributed by atoms with Gasteiger partial charge in [0.05, 0.1) is 5.69 Å². The number of benzene rings is 2. The summed E-state index contributed by atoms with van der Waals surface area (Å²) in [5.41, 5.74) is 2.04. The van der Waals surface area contributed by atoms with Crippen molar-refractivity contribution in [2.75, 3.05) is 16.0 Å². The fraction of sp³-hybridized carbons (Fsp3) is 0. The molecule has 3 rings (SSSR count). The molecule has 0 aliphatic rings. The van der Waals surface area contributed by atoms with E-state index in [2.05, 4.69) is 20.9 Å². The first-order valence-electron chi connectivity index (χ1n) is 7.77. The summed E-state index contributed by atoms with van der Waals surface area (Å²) in [7, 11) is 0. The first-order chi connectivity index (χ1) is 12.6. The summed E-state index contributed by atoms with van der Waals surface area (Å²) in [4.78, 5) is 28.2. The average molecular weight is 367 g/mol. The quantitative estimate of drug-likeness (QED) is 0.588. The molecule has 0 radical (unpaired) electrons. The Hall–Kier alpha value is -3.38. The van der Waals surface area contributed by atoms with Gasteiger partial charge in [0.25, 0.3) is 5.91 Å². The Bertz CT molecular complexity index is 932. The molecule has 7 heteroatoms. The number of pyridine rings is 1. The predicted octanol–water partition coefficient (Wildman–Crippen LogP) is 4.63. The SMILES string of the molecule is O=C(Nc1cccc(NC(=O)c2ccccc2)c1)Nc1cccnc1Cl. The van der Waals surface area contributed by atoms with Gasteiger partial charge in [0.15, 0.2) is 5.15 Å². The maximum atomic E-state index is 12.2. The number of aromatic nitrogens is 1. The third kappa shape index (κ3) is 4.58. The Morgan fingerprint density at radius 3 is 2.27 bits per heavy atom. The van der Waals surface area contributed by atoms with Gasteiger partial charge in [-0.05, 0) is 42.5 Å². The van der Waals surface area contributed by atoms with Crippen LogP contribution in [0.2, 0.25) is 5.15 Å². The van der Waals surface area contributed by atoms with Crippen molar-refractivity contribution >= 4 is 40.6 Å². The molecular formula is C19H15ClN4O2. The van der Waals surface area contributed by atoms with Crippen molar-refractivity contribution in [3.8, 4) is 0 Å². The Balaban J connectivity index is 1.65. The van der Waals surface area contributed by atoms with Gasteiger partial charge in [-0.2, -0.15) is 0 Å². The molecule has 2 aromatic carbocycles. The molecule has 3 aromatic rings. The second kappa shape index (κ2) is 8.13. The van der Waals surface area contributed by atoms with E-state index in [0.717, 1.165) is 0 Å². The Labute approximate surface area is 155 Å². The molecule has 0 aliphatic carbocycles. The molecule has 130 valence electrons. The minimum Gasteiger partial charge on any atom is -0.322 e. The fourth-order valence-corrected chi connectivity index (χ4v) is 2.40. The number of carbonyl (C=O) groups is 2. The van der Waals surface area contributed by atoms with Crippen molar-refractivity contribution in [2.24, 2.45) is 0 Å². The van der Waals surface area contributed by atoms with E-state index in [9.17, 15) is 9.59 Å². The molecule has 0 spiro atoms. The normalized spacial score (nSPS) is 10.0. The molecule has 0 atom stereocenters. The number of hydrogen-bond acceptors (Lipinski definition) is 3. The van der Waals surface area contributed by atoms with Crippen LogP contribution in [0.3, 0.4) is 0 Å². The molecule has 3 amide bonds. The lowest BCUT2D eigenvalue weighted by Gasteiger charge is -2.10. The third-order valence-corrected chi connectivity index (χ3v) is 3.72. The summed E-state index contributed by atoms with van der Waals surface area (Å²) in [5.74, 6) is -0.227. The van der Waals surface area contributed by atoms with Crippen molar-refractivity contribution in [3.63, 3.8) is 0 Å². The van der Waals surface area contributed by atoms with E-state index < -0.39 is 6.03 Å². The summed E-state index contributed by atoms with van der Waals surface area (Å²) in [5, 5.41) is 8.29. The topological polar surface area (TPSA) is 83.1 Å². The van der Waals surface area contributed by atoms with Gasteiger partial charge in [0.1, 0.15) is 0 Å². The van der Waals surface area contributed by atoms with Gasteiger partial charge >= 0.3 is 6.03 Å². The molecule has 0 bridgehead atoms. The maximum Gasteiger partial charge on any atom is 0.323 e. The smallest absolute Gasteiger partial charge is 0.322 e. The molecule has 0 saturated carbocycles. The highest BCUT2D eigenvalue weighted by molar-refractivity contribution is 6.32. The highest BCUT2D eigenvalue weighted by Crippen LogP contribution is 2.19.